The van der Waals surface area contributed by atoms with Crippen LogP contribution in [0, 0.1) is 5.92 Å². The van der Waals surface area contributed by atoms with Crippen molar-refractivity contribution in [3.8, 4) is 0 Å². The molecule has 1 heterocycles. The first-order valence-electron chi connectivity index (χ1n) is 15.6. The molecule has 0 spiro atoms. The van der Waals surface area contributed by atoms with E-state index in [1.54, 1.807) is 0 Å². The zero-order chi connectivity index (χ0) is 32.8. The molecule has 4 atom stereocenters. The number of sulfone groups is 1. The molecule has 1 unspecified atom stereocenters. The van der Waals surface area contributed by atoms with E-state index in [9.17, 15) is 32.7 Å². The van der Waals surface area contributed by atoms with Crippen molar-refractivity contribution in [2.24, 2.45) is 16.8 Å². The highest BCUT2D eigenvalue weighted by Crippen LogP contribution is 2.33. The van der Waals surface area contributed by atoms with E-state index >= 15 is 0 Å². The highest BCUT2D eigenvalue weighted by atomic mass is 32.2. The monoisotopic (exact) mass is 645 g/mol. The van der Waals surface area contributed by atoms with E-state index in [0.717, 1.165) is 44.8 Å². The maximum atomic E-state index is 14.2. The van der Waals surface area contributed by atoms with Gasteiger partial charge in [-0.2, -0.15) is 0 Å². The van der Waals surface area contributed by atoms with Gasteiger partial charge in [0, 0.05) is 23.3 Å². The van der Waals surface area contributed by atoms with E-state index in [1.165, 1.54) is 29.2 Å². The number of nitrogens with one attached hydrogen (secondary N) is 2. The number of carbonyl (C=O) groups is 4. The number of nitrogens with zero attached hydrogens (tertiary/aromatic N) is 4. The lowest BCUT2D eigenvalue weighted by molar-refractivity contribution is -0.143. The number of primary amides is 1. The summed E-state index contributed by atoms with van der Waals surface area (Å²) in [5, 5.41) is 20.2. The number of hydrogen-bond acceptors (Lipinski definition) is 8. The number of benzene rings is 1. The first-order valence-corrected chi connectivity index (χ1v) is 17.5. The molecule has 1 aliphatic heterocycles. The fourth-order valence-corrected chi connectivity index (χ4v) is 7.62. The van der Waals surface area contributed by atoms with Crippen LogP contribution in [0.2, 0.25) is 0 Å². The molecule has 4 rings (SSSR count). The summed E-state index contributed by atoms with van der Waals surface area (Å²) in [5.74, 6) is -2.46. The van der Waals surface area contributed by atoms with Gasteiger partial charge >= 0.3 is 0 Å². The number of aliphatic hydroxyl groups is 1. The van der Waals surface area contributed by atoms with Crippen molar-refractivity contribution >= 4 is 33.5 Å². The summed E-state index contributed by atoms with van der Waals surface area (Å²) in [6, 6.07) is 2.63. The Morgan fingerprint density at radius 3 is 2.29 bits per heavy atom. The van der Waals surface area contributed by atoms with Crippen molar-refractivity contribution in [1.29, 1.82) is 0 Å². The van der Waals surface area contributed by atoms with Gasteiger partial charge in [-0.3, -0.25) is 19.2 Å². The lowest BCUT2D eigenvalue weighted by Gasteiger charge is -2.41. The summed E-state index contributed by atoms with van der Waals surface area (Å²) in [6.45, 7) is -0.0492. The average molecular weight is 646 g/mol. The Labute approximate surface area is 263 Å². The molecule has 1 saturated heterocycles. The van der Waals surface area contributed by atoms with Crippen molar-refractivity contribution in [2.45, 2.75) is 112 Å². The number of carbonyl (C=O) groups excluding carboxylic acids is 4. The van der Waals surface area contributed by atoms with E-state index < -0.39 is 63.2 Å². The van der Waals surface area contributed by atoms with E-state index in [4.69, 9.17) is 11.3 Å². The Balaban J connectivity index is 1.60. The lowest BCUT2D eigenvalue weighted by atomic mass is 9.77. The Hall–Kier alpha value is -3.68. The molecule has 3 aliphatic rings. The quantitative estimate of drug-likeness (QED) is 0.159. The number of azide groups is 1. The minimum atomic E-state index is -3.47. The lowest BCUT2D eigenvalue weighted by Crippen LogP contribution is -2.64. The topological polar surface area (TPSA) is 225 Å². The smallest absolute Gasteiger partial charge is 0.251 e. The average Bonchev–Trinajstić information content (AvgIpc) is 3.45. The van der Waals surface area contributed by atoms with Gasteiger partial charge in [-0.15, -0.1) is 0 Å². The molecular weight excluding hydrogens is 602 g/mol. The molecule has 2 aliphatic carbocycles. The summed E-state index contributed by atoms with van der Waals surface area (Å²) in [6.07, 6.45) is 7.58. The Morgan fingerprint density at radius 1 is 1.09 bits per heavy atom. The van der Waals surface area contributed by atoms with Crippen LogP contribution in [-0.2, 0) is 24.2 Å². The summed E-state index contributed by atoms with van der Waals surface area (Å²) >= 11 is 0. The Morgan fingerprint density at radius 2 is 1.71 bits per heavy atom. The second-order valence-corrected chi connectivity index (χ2v) is 14.7. The maximum Gasteiger partial charge on any atom is 0.251 e. The van der Waals surface area contributed by atoms with Crippen molar-refractivity contribution in [2.75, 3.05) is 12.8 Å². The Kier molecular flexibility index (Phi) is 11.1. The first-order chi connectivity index (χ1) is 21.3. The number of amides is 4. The van der Waals surface area contributed by atoms with Crippen molar-refractivity contribution < 1.29 is 32.7 Å². The second-order valence-electron chi connectivity index (χ2n) is 12.7. The standard InChI is InChI=1S/C30H43N7O7S/c1-45(43,44)22-12-10-20(11-13-22)27(40)33-23(16-19-8-4-2-5-9-19)29(42)37-18-21(35-36-32)17-24(37)28(41)34-30(25(38)26(31)39)14-6-3-7-15-30/h10-13,19,21,23-25,38H,2-9,14-18H2,1H3,(H2,31,39)(H,33,40)(H,34,41)/t21-,23+,24-,25?/m0/s1. The number of likely N-dealkylation sites (tertiary alicyclic amines) is 1. The third-order valence-electron chi connectivity index (χ3n) is 9.43. The highest BCUT2D eigenvalue weighted by molar-refractivity contribution is 7.90. The molecule has 1 aromatic rings. The van der Waals surface area contributed by atoms with Crippen LogP contribution in [0.5, 0.6) is 0 Å². The summed E-state index contributed by atoms with van der Waals surface area (Å²) < 4.78 is 23.7. The number of hydrogen-bond donors (Lipinski definition) is 4. The predicted molar refractivity (Wildman–Crippen MR) is 164 cm³/mol. The molecule has 246 valence electrons. The minimum absolute atomic E-state index is 0.0292. The van der Waals surface area contributed by atoms with Crippen LogP contribution in [0.3, 0.4) is 0 Å². The van der Waals surface area contributed by atoms with Crippen LogP contribution < -0.4 is 16.4 Å². The molecule has 3 fully saturated rings. The van der Waals surface area contributed by atoms with Gasteiger partial charge in [0.2, 0.25) is 17.7 Å². The zero-order valence-corrected chi connectivity index (χ0v) is 26.4. The number of nitrogens with two attached hydrogens (primary N) is 1. The molecule has 0 bridgehead atoms. The molecule has 4 amide bonds. The summed E-state index contributed by atoms with van der Waals surface area (Å²) in [7, 11) is -3.47. The Bertz CT molecular complexity index is 1420. The SMILES string of the molecule is CS(=O)(=O)c1ccc(C(=O)N[C@H](CC2CCCCC2)C(=O)N2C[C@@H](N=[N+]=[N-])C[C@H]2C(=O)NC2(C(O)C(N)=O)CCCCC2)cc1. The maximum absolute atomic E-state index is 14.2. The number of aliphatic hydroxyl groups excluding tert-OH is 1. The van der Waals surface area contributed by atoms with Crippen LogP contribution in [0.15, 0.2) is 34.3 Å². The van der Waals surface area contributed by atoms with Crippen molar-refractivity contribution in [3.63, 3.8) is 0 Å². The van der Waals surface area contributed by atoms with Gasteiger partial charge in [0.25, 0.3) is 5.91 Å². The van der Waals surface area contributed by atoms with Crippen LogP contribution in [-0.4, -0.2) is 84.6 Å². The van der Waals surface area contributed by atoms with E-state index in [2.05, 4.69) is 20.7 Å². The van der Waals surface area contributed by atoms with Crippen LogP contribution in [0.25, 0.3) is 10.4 Å². The normalized spacial score (nSPS) is 23.3. The molecule has 14 nitrogen and oxygen atoms in total. The fraction of sp³-hybridized carbons (Fsp3) is 0.667. The zero-order valence-electron chi connectivity index (χ0n) is 25.6. The third kappa shape index (κ3) is 8.33. The van der Waals surface area contributed by atoms with E-state index in [-0.39, 0.29) is 29.3 Å². The predicted octanol–water partition coefficient (Wildman–Crippen LogP) is 2.10. The van der Waals surface area contributed by atoms with Gasteiger partial charge in [0.05, 0.1) is 16.5 Å². The van der Waals surface area contributed by atoms with Crippen LogP contribution in [0.1, 0.15) is 87.4 Å². The fourth-order valence-electron chi connectivity index (χ4n) is 6.99. The molecule has 0 radical (unpaired) electrons. The highest BCUT2D eigenvalue weighted by Gasteiger charge is 2.48. The molecule has 0 aromatic heterocycles. The van der Waals surface area contributed by atoms with E-state index in [0.29, 0.717) is 32.1 Å². The first kappa shape index (κ1) is 34.2. The molecule has 15 heteroatoms. The number of rotatable bonds is 11. The van der Waals surface area contributed by atoms with Gasteiger partial charge in [0.1, 0.15) is 12.1 Å². The van der Waals surface area contributed by atoms with Gasteiger partial charge in [-0.05, 0) is 61.4 Å². The molecule has 2 saturated carbocycles. The summed E-state index contributed by atoms with van der Waals surface area (Å²) in [5.41, 5.74) is 13.5. The summed E-state index contributed by atoms with van der Waals surface area (Å²) in [4.78, 5) is 57.7. The van der Waals surface area contributed by atoms with Gasteiger partial charge in [-0.25, -0.2) is 8.42 Å². The minimum Gasteiger partial charge on any atom is -0.381 e. The second kappa shape index (κ2) is 14.6. The largest absolute Gasteiger partial charge is 0.381 e. The van der Waals surface area contributed by atoms with Gasteiger partial charge in [-0.1, -0.05) is 56.5 Å². The van der Waals surface area contributed by atoms with Crippen LogP contribution in [0.4, 0.5) is 0 Å². The molecule has 1 aromatic carbocycles. The third-order valence-corrected chi connectivity index (χ3v) is 10.6. The van der Waals surface area contributed by atoms with Gasteiger partial charge < -0.3 is 26.4 Å². The van der Waals surface area contributed by atoms with Gasteiger partial charge in [0.15, 0.2) is 15.9 Å². The molecule has 5 N–H and O–H groups in total. The van der Waals surface area contributed by atoms with Crippen molar-refractivity contribution in [1.82, 2.24) is 15.5 Å². The van der Waals surface area contributed by atoms with Crippen molar-refractivity contribution in [3.05, 3.63) is 40.3 Å². The molecule has 45 heavy (non-hydrogen) atoms. The van der Waals surface area contributed by atoms with Crippen LogP contribution >= 0.6 is 0 Å². The van der Waals surface area contributed by atoms with E-state index in [1.807, 2.05) is 0 Å². The molecular formula is C30H43N7O7S.